The van der Waals surface area contributed by atoms with E-state index in [-0.39, 0.29) is 0 Å². The van der Waals surface area contributed by atoms with Gasteiger partial charge in [-0.2, -0.15) is 0 Å². The van der Waals surface area contributed by atoms with Gasteiger partial charge in [0.05, 0.1) is 7.11 Å². The summed E-state index contributed by atoms with van der Waals surface area (Å²) < 4.78 is 3.89. The third-order valence-electron chi connectivity index (χ3n) is 0.201. The van der Waals surface area contributed by atoms with Gasteiger partial charge in [-0.05, 0) is 0 Å². The van der Waals surface area contributed by atoms with Crippen LogP contribution in [0, 0.1) is 0 Å². The van der Waals surface area contributed by atoms with Crippen molar-refractivity contribution in [1.82, 2.24) is 0 Å². The molecule has 0 heterocycles. The standard InChI is InChI=1S/C2H5NO2.CH4O/c1-5-2(3)4;1-2/h1H3,(H2,3,4);2H,1H3. The molecule has 0 spiro atoms. The fraction of sp³-hybridized carbons (Fsp3) is 0.667. The molecule has 0 atom stereocenters. The van der Waals surface area contributed by atoms with Crippen molar-refractivity contribution in [3.63, 3.8) is 0 Å². The molecule has 3 N–H and O–H groups in total. The topological polar surface area (TPSA) is 72.6 Å². The maximum absolute atomic E-state index is 9.37. The summed E-state index contributed by atoms with van der Waals surface area (Å²) in [5.41, 5.74) is 4.43. The van der Waals surface area contributed by atoms with Crippen LogP contribution >= 0.6 is 0 Å². The number of carbonyl (C=O) groups is 1. The Labute approximate surface area is 41.9 Å². The summed E-state index contributed by atoms with van der Waals surface area (Å²) in [7, 11) is 2.22. The molecule has 0 aromatic rings. The molecule has 44 valence electrons. The van der Waals surface area contributed by atoms with Crippen molar-refractivity contribution in [1.29, 1.82) is 0 Å². The molecule has 4 heteroatoms. The van der Waals surface area contributed by atoms with Gasteiger partial charge in [-0.15, -0.1) is 0 Å². The third kappa shape index (κ3) is 36.1. The number of aliphatic hydroxyl groups is 1. The second-order valence-electron chi connectivity index (χ2n) is 0.523. The second-order valence-corrected chi connectivity index (χ2v) is 0.523. The Morgan fingerprint density at radius 2 is 1.86 bits per heavy atom. The Kier molecular flexibility index (Phi) is 12.2. The van der Waals surface area contributed by atoms with Gasteiger partial charge in [-0.25, -0.2) is 4.79 Å². The van der Waals surface area contributed by atoms with Crippen LogP contribution in [-0.4, -0.2) is 25.4 Å². The molecule has 4 nitrogen and oxygen atoms in total. The number of methoxy groups -OCH3 is 1. The van der Waals surface area contributed by atoms with Gasteiger partial charge in [0.2, 0.25) is 0 Å². The maximum Gasteiger partial charge on any atom is 0.404 e. The number of primary amides is 1. The van der Waals surface area contributed by atoms with Crippen LogP contribution in [0.4, 0.5) is 4.79 Å². The third-order valence-corrected chi connectivity index (χ3v) is 0.201. The van der Waals surface area contributed by atoms with Gasteiger partial charge in [0, 0.05) is 7.11 Å². The zero-order valence-electron chi connectivity index (χ0n) is 4.34. The number of hydrogen-bond donors (Lipinski definition) is 2. The summed E-state index contributed by atoms with van der Waals surface area (Å²) in [5.74, 6) is 0. The summed E-state index contributed by atoms with van der Waals surface area (Å²) in [6, 6.07) is 0. The van der Waals surface area contributed by atoms with Crippen molar-refractivity contribution >= 4 is 6.09 Å². The molecule has 0 radical (unpaired) electrons. The van der Waals surface area contributed by atoms with Gasteiger partial charge in [0.15, 0.2) is 0 Å². The molecule has 0 aliphatic carbocycles. The molecule has 7 heavy (non-hydrogen) atoms. The first-order chi connectivity index (χ1) is 3.27. The lowest BCUT2D eigenvalue weighted by molar-refractivity contribution is 0.182. The Morgan fingerprint density at radius 1 is 1.71 bits per heavy atom. The summed E-state index contributed by atoms with van der Waals surface area (Å²) in [5, 5.41) is 7.00. The van der Waals surface area contributed by atoms with Crippen molar-refractivity contribution < 1.29 is 14.6 Å². The van der Waals surface area contributed by atoms with Crippen molar-refractivity contribution in [3.05, 3.63) is 0 Å². The molecule has 0 aliphatic heterocycles. The van der Waals surface area contributed by atoms with Crippen LogP contribution in [0.15, 0.2) is 0 Å². The Hall–Kier alpha value is -0.770. The van der Waals surface area contributed by atoms with Crippen LogP contribution in [0.2, 0.25) is 0 Å². The van der Waals surface area contributed by atoms with Crippen LogP contribution < -0.4 is 5.73 Å². The number of rotatable bonds is 0. The average molecular weight is 107 g/mol. The average Bonchev–Trinajstić information content (AvgIpc) is 1.73. The monoisotopic (exact) mass is 107 g/mol. The number of nitrogens with two attached hydrogens (primary N) is 1. The molecular formula is C3H9NO3. The van der Waals surface area contributed by atoms with Crippen molar-refractivity contribution in [2.75, 3.05) is 14.2 Å². The summed E-state index contributed by atoms with van der Waals surface area (Å²) in [6.07, 6.45) is -0.745. The van der Waals surface area contributed by atoms with E-state index in [4.69, 9.17) is 5.11 Å². The predicted octanol–water partition coefficient (Wildman–Crippen LogP) is -0.680. The molecule has 0 fully saturated rings. The van der Waals surface area contributed by atoms with Gasteiger partial charge in [0.25, 0.3) is 0 Å². The van der Waals surface area contributed by atoms with E-state index in [1.54, 1.807) is 0 Å². The van der Waals surface area contributed by atoms with E-state index in [9.17, 15) is 4.79 Å². The molecule has 0 aromatic carbocycles. The first-order valence-corrected chi connectivity index (χ1v) is 1.55. The molecule has 0 bridgehead atoms. The van der Waals surface area contributed by atoms with Crippen LogP contribution in [0.25, 0.3) is 0 Å². The normalized spacial score (nSPS) is 5.57. The lowest BCUT2D eigenvalue weighted by Crippen LogP contribution is -2.08. The van der Waals surface area contributed by atoms with Gasteiger partial charge in [-0.1, -0.05) is 0 Å². The van der Waals surface area contributed by atoms with E-state index in [1.165, 1.54) is 7.11 Å². The molecule has 0 saturated carbocycles. The Morgan fingerprint density at radius 3 is 1.86 bits per heavy atom. The Balaban J connectivity index is 0. The number of ether oxygens (including phenoxy) is 1. The first-order valence-electron chi connectivity index (χ1n) is 1.55. The lowest BCUT2D eigenvalue weighted by atomic mass is 11.3. The van der Waals surface area contributed by atoms with E-state index < -0.39 is 6.09 Å². The SMILES string of the molecule is CO.COC(N)=O. The number of amides is 1. The quantitative estimate of drug-likeness (QED) is 0.430. The fourth-order valence-electron chi connectivity index (χ4n) is 0. The van der Waals surface area contributed by atoms with Crippen molar-refractivity contribution in [3.8, 4) is 0 Å². The maximum atomic E-state index is 9.37. The zero-order valence-corrected chi connectivity index (χ0v) is 4.34. The lowest BCUT2D eigenvalue weighted by Gasteiger charge is -1.81. The van der Waals surface area contributed by atoms with Gasteiger partial charge >= 0.3 is 6.09 Å². The van der Waals surface area contributed by atoms with E-state index in [0.29, 0.717) is 0 Å². The van der Waals surface area contributed by atoms with Crippen molar-refractivity contribution in [2.24, 2.45) is 5.73 Å². The van der Waals surface area contributed by atoms with Crippen molar-refractivity contribution in [2.45, 2.75) is 0 Å². The van der Waals surface area contributed by atoms with Gasteiger partial charge < -0.3 is 15.6 Å². The van der Waals surface area contributed by atoms with E-state index >= 15 is 0 Å². The highest BCUT2D eigenvalue weighted by Crippen LogP contribution is 1.55. The minimum atomic E-state index is -0.745. The minimum absolute atomic E-state index is 0.745. The van der Waals surface area contributed by atoms with E-state index in [2.05, 4.69) is 10.5 Å². The summed E-state index contributed by atoms with van der Waals surface area (Å²) >= 11 is 0. The molecule has 0 unspecified atom stereocenters. The van der Waals surface area contributed by atoms with Gasteiger partial charge in [0.1, 0.15) is 0 Å². The largest absolute Gasteiger partial charge is 0.453 e. The van der Waals surface area contributed by atoms with Crippen LogP contribution in [0.1, 0.15) is 0 Å². The highest BCUT2D eigenvalue weighted by molar-refractivity contribution is 5.64. The molecule has 1 amide bonds. The number of hydrogen-bond acceptors (Lipinski definition) is 3. The summed E-state index contributed by atoms with van der Waals surface area (Å²) in [6.45, 7) is 0. The highest BCUT2D eigenvalue weighted by atomic mass is 16.5. The number of aliphatic hydroxyl groups excluding tert-OH is 1. The molecular weight excluding hydrogens is 98.0 g/mol. The molecule has 0 aromatic heterocycles. The zero-order chi connectivity index (χ0) is 6.28. The second kappa shape index (κ2) is 8.97. The number of carbonyl (C=O) groups excluding carboxylic acids is 1. The molecule has 0 rings (SSSR count). The highest BCUT2D eigenvalue weighted by Gasteiger charge is 1.76. The minimum Gasteiger partial charge on any atom is -0.453 e. The summed E-state index contributed by atoms with van der Waals surface area (Å²) in [4.78, 5) is 9.37. The van der Waals surface area contributed by atoms with Crippen LogP contribution in [-0.2, 0) is 4.74 Å². The van der Waals surface area contributed by atoms with Gasteiger partial charge in [-0.3, -0.25) is 0 Å². The van der Waals surface area contributed by atoms with E-state index in [0.717, 1.165) is 7.11 Å². The van der Waals surface area contributed by atoms with E-state index in [1.807, 2.05) is 0 Å². The van der Waals surface area contributed by atoms with Crippen LogP contribution in [0.5, 0.6) is 0 Å². The predicted molar refractivity (Wildman–Crippen MR) is 24.7 cm³/mol. The van der Waals surface area contributed by atoms with Crippen LogP contribution in [0.3, 0.4) is 0 Å². The molecule has 0 aliphatic rings. The molecule has 0 saturated heterocycles. The fourth-order valence-corrected chi connectivity index (χ4v) is 0. The first kappa shape index (κ1) is 9.52. The Bertz CT molecular complexity index is 45.4. The smallest absolute Gasteiger partial charge is 0.404 e.